The van der Waals surface area contributed by atoms with E-state index < -0.39 is 0 Å². The van der Waals surface area contributed by atoms with E-state index in [0.29, 0.717) is 13.5 Å². The van der Waals surface area contributed by atoms with Crippen molar-refractivity contribution in [2.24, 2.45) is 0 Å². The Hall–Kier alpha value is -1.08. The fourth-order valence-electron chi connectivity index (χ4n) is 5.61. The summed E-state index contributed by atoms with van der Waals surface area (Å²) >= 11 is 0. The average Bonchev–Trinajstić information content (AvgIpc) is 3.66. The van der Waals surface area contributed by atoms with Crippen LogP contribution in [-0.2, 0) is 36.0 Å². The van der Waals surface area contributed by atoms with Crippen LogP contribution in [0.3, 0.4) is 0 Å². The van der Waals surface area contributed by atoms with Crippen LogP contribution in [0.1, 0.15) is 155 Å². The van der Waals surface area contributed by atoms with Crippen LogP contribution in [0.4, 0.5) is 0 Å². The predicted octanol–water partition coefficient (Wildman–Crippen LogP) is 3.14. The molecule has 8 heteroatoms. The maximum absolute atomic E-state index is 5.88. The summed E-state index contributed by atoms with van der Waals surface area (Å²) in [6.07, 6.45) is 42.7. The van der Waals surface area contributed by atoms with Crippen LogP contribution in [0.15, 0.2) is 37.4 Å². The van der Waals surface area contributed by atoms with Gasteiger partial charge in [-0.1, -0.05) is 117 Å². The van der Waals surface area contributed by atoms with Crippen LogP contribution in [0.25, 0.3) is 0 Å². The summed E-state index contributed by atoms with van der Waals surface area (Å²) in [5.74, 6) is 0. The lowest BCUT2D eigenvalue weighted by Crippen LogP contribution is -3.00. The molecule has 2 heterocycles. The molecule has 2 rings (SSSR count). The highest BCUT2D eigenvalue weighted by Gasteiger charge is 2.05. The van der Waals surface area contributed by atoms with Crippen LogP contribution in [0.2, 0.25) is 0 Å². The van der Waals surface area contributed by atoms with Gasteiger partial charge in [-0.3, -0.25) is 0 Å². The van der Waals surface area contributed by atoms with E-state index in [4.69, 9.17) is 9.47 Å². The fourth-order valence-corrected chi connectivity index (χ4v) is 5.61. The molecular weight excluding hydrogens is 591 g/mol. The van der Waals surface area contributed by atoms with Gasteiger partial charge in [-0.2, -0.15) is 0 Å². The van der Waals surface area contributed by atoms with E-state index in [1.807, 2.05) is 0 Å². The Morgan fingerprint density at radius 1 is 0.432 bits per heavy atom. The van der Waals surface area contributed by atoms with E-state index in [9.17, 15) is 0 Å². The van der Waals surface area contributed by atoms with Crippen molar-refractivity contribution in [1.82, 2.24) is 9.13 Å². The average molecular weight is 660 g/mol. The summed E-state index contributed by atoms with van der Waals surface area (Å²) in [5.41, 5.74) is 0. The smallest absolute Gasteiger partial charge is 0.245 e. The number of imidazole rings is 2. The number of rotatable bonds is 31. The van der Waals surface area contributed by atoms with Crippen molar-refractivity contribution in [2.75, 3.05) is 13.2 Å². The van der Waals surface area contributed by atoms with Crippen molar-refractivity contribution in [2.45, 2.75) is 182 Å². The molecule has 0 aliphatic rings. The van der Waals surface area contributed by atoms with Gasteiger partial charge in [-0.05, 0) is 38.5 Å². The van der Waals surface area contributed by atoms with Crippen LogP contribution < -0.4 is 33.9 Å². The van der Waals surface area contributed by atoms with Crippen LogP contribution in [0.5, 0.6) is 0 Å². The molecule has 0 fully saturated rings. The third-order valence-corrected chi connectivity index (χ3v) is 8.34. The quantitative estimate of drug-likeness (QED) is 0.0922. The fraction of sp³-hybridized carbons (Fsp3) is 0.833. The summed E-state index contributed by atoms with van der Waals surface area (Å²) in [6, 6.07) is 0. The maximum Gasteiger partial charge on any atom is 0.245 e. The molecule has 0 amide bonds. The van der Waals surface area contributed by atoms with Gasteiger partial charge in [-0.15, -0.1) is 0 Å². The molecular formula is C36H68Cl2N4O2. The van der Waals surface area contributed by atoms with Crippen molar-refractivity contribution in [3.05, 3.63) is 37.4 Å². The topological polar surface area (TPSA) is 36.1 Å². The Balaban J connectivity index is 0.00000924. The lowest BCUT2D eigenvalue weighted by Gasteiger charge is -2.03. The van der Waals surface area contributed by atoms with Gasteiger partial charge in [0.1, 0.15) is 24.8 Å². The first-order valence-corrected chi connectivity index (χ1v) is 18.1. The van der Waals surface area contributed by atoms with Crippen molar-refractivity contribution >= 4 is 0 Å². The summed E-state index contributed by atoms with van der Waals surface area (Å²) in [6.45, 7) is 9.63. The zero-order valence-electron chi connectivity index (χ0n) is 28.6. The highest BCUT2D eigenvalue weighted by Crippen LogP contribution is 2.12. The standard InChI is InChI=1S/C36H68N4O2.2ClH/c1-3-5-7-9-11-13-15-17-19-21-25-37-27-29-39(33-37)35-41-31-23-24-32-42-36-40-30-28-38(34-40)26-22-20-18-16-14-12-10-8-6-4-2;;/h27-30,33-34H,3-26,31-32,35-36H2,1-2H3;2*1H/q+2;;/p-2. The minimum absolute atomic E-state index is 0. The zero-order chi connectivity index (χ0) is 29.8. The highest BCUT2D eigenvalue weighted by atomic mass is 35.5. The molecule has 2 aromatic heterocycles. The Kier molecular flexibility index (Phi) is 31.1. The maximum atomic E-state index is 5.88. The Bertz CT molecular complexity index is 777. The van der Waals surface area contributed by atoms with E-state index in [1.54, 1.807) is 0 Å². The molecule has 0 aliphatic carbocycles. The number of halogens is 2. The van der Waals surface area contributed by atoms with Crippen LogP contribution in [-0.4, -0.2) is 22.3 Å². The first kappa shape index (κ1) is 42.9. The summed E-state index contributed by atoms with van der Waals surface area (Å²) in [4.78, 5) is 0. The SMILES string of the molecule is CCCCCCCCCCCCn1cc[n+](COCCCCOC[n+]2ccn(CCCCCCCCCCCC)c2)c1.[Cl-].[Cl-]. The molecule has 0 radical (unpaired) electrons. The Morgan fingerprint density at radius 3 is 1.09 bits per heavy atom. The monoisotopic (exact) mass is 658 g/mol. The second-order valence-corrected chi connectivity index (χ2v) is 12.5. The molecule has 2 aromatic rings. The van der Waals surface area contributed by atoms with Gasteiger partial charge in [0.2, 0.25) is 12.7 Å². The van der Waals surface area contributed by atoms with Gasteiger partial charge in [-0.25, -0.2) is 18.3 Å². The third-order valence-electron chi connectivity index (χ3n) is 8.34. The molecule has 0 bridgehead atoms. The first-order chi connectivity index (χ1) is 20.8. The predicted molar refractivity (Wildman–Crippen MR) is 174 cm³/mol. The normalized spacial score (nSPS) is 11.0. The summed E-state index contributed by atoms with van der Waals surface area (Å²) < 4.78 is 20.6. The van der Waals surface area contributed by atoms with Gasteiger partial charge < -0.3 is 34.3 Å². The largest absolute Gasteiger partial charge is 1.00 e. The van der Waals surface area contributed by atoms with Crippen molar-refractivity contribution in [1.29, 1.82) is 0 Å². The number of aromatic nitrogens is 4. The number of hydrogen-bond donors (Lipinski definition) is 0. The van der Waals surface area contributed by atoms with Gasteiger partial charge in [0, 0.05) is 0 Å². The van der Waals surface area contributed by atoms with Gasteiger partial charge in [0.05, 0.1) is 26.3 Å². The number of nitrogens with zero attached hydrogens (tertiary/aromatic N) is 4. The highest BCUT2D eigenvalue weighted by molar-refractivity contribution is 4.66. The van der Waals surface area contributed by atoms with E-state index in [1.165, 1.54) is 128 Å². The van der Waals surface area contributed by atoms with Crippen LogP contribution in [0, 0.1) is 0 Å². The minimum Gasteiger partial charge on any atom is -1.00 e. The summed E-state index contributed by atoms with van der Waals surface area (Å²) in [5, 5.41) is 0. The lowest BCUT2D eigenvalue weighted by atomic mass is 10.1. The molecule has 0 unspecified atom stereocenters. The second-order valence-electron chi connectivity index (χ2n) is 12.5. The van der Waals surface area contributed by atoms with E-state index in [-0.39, 0.29) is 24.8 Å². The zero-order valence-corrected chi connectivity index (χ0v) is 30.1. The lowest BCUT2D eigenvalue weighted by molar-refractivity contribution is -0.733. The number of ether oxygens (including phenoxy) is 2. The second kappa shape index (κ2) is 31.9. The Labute approximate surface area is 284 Å². The minimum atomic E-state index is 0. The van der Waals surface area contributed by atoms with Gasteiger partial charge in [0.15, 0.2) is 13.5 Å². The number of unbranched alkanes of at least 4 members (excludes halogenated alkanes) is 19. The summed E-state index contributed by atoms with van der Waals surface area (Å²) in [7, 11) is 0. The molecule has 0 saturated carbocycles. The molecule has 44 heavy (non-hydrogen) atoms. The molecule has 0 saturated heterocycles. The molecule has 0 aliphatic heterocycles. The Morgan fingerprint density at radius 2 is 0.750 bits per heavy atom. The molecule has 258 valence electrons. The van der Waals surface area contributed by atoms with E-state index in [0.717, 1.165) is 39.1 Å². The van der Waals surface area contributed by atoms with Crippen molar-refractivity contribution < 1.29 is 43.4 Å². The number of hydrogen-bond acceptors (Lipinski definition) is 2. The molecule has 6 nitrogen and oxygen atoms in total. The van der Waals surface area contributed by atoms with Gasteiger partial charge in [0.25, 0.3) is 0 Å². The third kappa shape index (κ3) is 24.2. The van der Waals surface area contributed by atoms with Crippen LogP contribution >= 0.6 is 0 Å². The van der Waals surface area contributed by atoms with E-state index in [2.05, 4.69) is 69.6 Å². The molecule has 0 N–H and O–H groups in total. The first-order valence-electron chi connectivity index (χ1n) is 18.1. The van der Waals surface area contributed by atoms with Crippen molar-refractivity contribution in [3.63, 3.8) is 0 Å². The van der Waals surface area contributed by atoms with E-state index >= 15 is 0 Å². The molecule has 0 atom stereocenters. The molecule has 0 spiro atoms. The number of aryl methyl sites for hydroxylation is 2. The van der Waals surface area contributed by atoms with Gasteiger partial charge >= 0.3 is 0 Å². The van der Waals surface area contributed by atoms with Crippen molar-refractivity contribution in [3.8, 4) is 0 Å². The molecule has 0 aromatic carbocycles.